The number of hydrogen-bond acceptors (Lipinski definition) is 3. The Labute approximate surface area is 97.2 Å². The minimum absolute atomic E-state index is 0.613. The standard InChI is InChI=1S/C13H20N2O/c1-2-15(13-7-9-16-10-8-13)12-5-3-11(14)4-6-12/h3-6,13H,2,7-10,14H2,1H3. The summed E-state index contributed by atoms with van der Waals surface area (Å²) in [5.74, 6) is 0. The Morgan fingerprint density at radius 2 is 1.88 bits per heavy atom. The van der Waals surface area contributed by atoms with Crippen molar-refractivity contribution < 1.29 is 4.74 Å². The van der Waals surface area contributed by atoms with Crippen molar-refractivity contribution in [2.75, 3.05) is 30.4 Å². The van der Waals surface area contributed by atoms with E-state index in [2.05, 4.69) is 24.0 Å². The highest BCUT2D eigenvalue weighted by Crippen LogP contribution is 2.23. The molecule has 88 valence electrons. The molecule has 0 amide bonds. The fourth-order valence-corrected chi connectivity index (χ4v) is 2.31. The van der Waals surface area contributed by atoms with Crippen molar-refractivity contribution in [2.45, 2.75) is 25.8 Å². The molecule has 3 nitrogen and oxygen atoms in total. The SMILES string of the molecule is CCN(c1ccc(N)cc1)C1CCOCC1. The second-order valence-electron chi connectivity index (χ2n) is 4.22. The number of ether oxygens (including phenoxy) is 1. The minimum atomic E-state index is 0.613. The van der Waals surface area contributed by atoms with Gasteiger partial charge in [-0.2, -0.15) is 0 Å². The normalized spacial score (nSPS) is 17.3. The zero-order valence-corrected chi connectivity index (χ0v) is 9.86. The first-order chi connectivity index (χ1) is 7.81. The van der Waals surface area contributed by atoms with E-state index < -0.39 is 0 Å². The Balaban J connectivity index is 2.11. The van der Waals surface area contributed by atoms with Crippen LogP contribution in [-0.2, 0) is 4.74 Å². The maximum atomic E-state index is 5.71. The van der Waals surface area contributed by atoms with Crippen molar-refractivity contribution in [3.8, 4) is 0 Å². The number of benzene rings is 1. The van der Waals surface area contributed by atoms with Gasteiger partial charge in [-0.3, -0.25) is 0 Å². The Morgan fingerprint density at radius 3 is 2.44 bits per heavy atom. The second kappa shape index (κ2) is 5.21. The molecule has 1 aromatic carbocycles. The maximum absolute atomic E-state index is 5.71. The van der Waals surface area contributed by atoms with Gasteiger partial charge in [0.05, 0.1) is 0 Å². The van der Waals surface area contributed by atoms with Crippen LogP contribution in [0.4, 0.5) is 11.4 Å². The van der Waals surface area contributed by atoms with Crippen molar-refractivity contribution in [1.82, 2.24) is 0 Å². The summed E-state index contributed by atoms with van der Waals surface area (Å²) in [4.78, 5) is 2.45. The topological polar surface area (TPSA) is 38.5 Å². The van der Waals surface area contributed by atoms with Gasteiger partial charge in [0, 0.05) is 37.2 Å². The van der Waals surface area contributed by atoms with Crippen LogP contribution in [0.2, 0.25) is 0 Å². The van der Waals surface area contributed by atoms with Crippen LogP contribution in [0.5, 0.6) is 0 Å². The molecule has 2 rings (SSSR count). The smallest absolute Gasteiger partial charge is 0.0485 e. The van der Waals surface area contributed by atoms with Gasteiger partial charge >= 0.3 is 0 Å². The summed E-state index contributed by atoms with van der Waals surface area (Å²) in [6, 6.07) is 8.76. The molecule has 0 bridgehead atoms. The molecule has 0 radical (unpaired) electrons. The Hall–Kier alpha value is -1.22. The summed E-state index contributed by atoms with van der Waals surface area (Å²) >= 11 is 0. The van der Waals surface area contributed by atoms with Crippen molar-refractivity contribution in [3.05, 3.63) is 24.3 Å². The van der Waals surface area contributed by atoms with E-state index >= 15 is 0 Å². The number of nitrogens with zero attached hydrogens (tertiary/aromatic N) is 1. The van der Waals surface area contributed by atoms with Crippen molar-refractivity contribution >= 4 is 11.4 Å². The molecule has 1 fully saturated rings. The third-order valence-electron chi connectivity index (χ3n) is 3.20. The summed E-state index contributed by atoms with van der Waals surface area (Å²) < 4.78 is 5.40. The summed E-state index contributed by atoms with van der Waals surface area (Å²) in [5.41, 5.74) is 7.80. The van der Waals surface area contributed by atoms with Crippen molar-refractivity contribution in [2.24, 2.45) is 0 Å². The van der Waals surface area contributed by atoms with Crippen LogP contribution in [0.25, 0.3) is 0 Å². The molecule has 0 spiro atoms. The first-order valence-corrected chi connectivity index (χ1v) is 6.01. The second-order valence-corrected chi connectivity index (χ2v) is 4.22. The molecule has 2 N–H and O–H groups in total. The third kappa shape index (κ3) is 2.47. The predicted molar refractivity (Wildman–Crippen MR) is 67.7 cm³/mol. The molecule has 16 heavy (non-hydrogen) atoms. The zero-order chi connectivity index (χ0) is 11.4. The van der Waals surface area contributed by atoms with Gasteiger partial charge in [-0.15, -0.1) is 0 Å². The highest BCUT2D eigenvalue weighted by molar-refractivity contribution is 5.53. The average Bonchev–Trinajstić information content (AvgIpc) is 2.34. The quantitative estimate of drug-likeness (QED) is 0.794. The Bertz CT molecular complexity index is 317. The van der Waals surface area contributed by atoms with Gasteiger partial charge in [-0.1, -0.05) is 0 Å². The lowest BCUT2D eigenvalue weighted by Crippen LogP contribution is -2.39. The monoisotopic (exact) mass is 220 g/mol. The number of rotatable bonds is 3. The van der Waals surface area contributed by atoms with E-state index in [1.54, 1.807) is 0 Å². The lowest BCUT2D eigenvalue weighted by atomic mass is 10.1. The molecule has 1 aromatic rings. The summed E-state index contributed by atoms with van der Waals surface area (Å²) in [6.07, 6.45) is 2.25. The number of anilines is 2. The van der Waals surface area contributed by atoms with E-state index in [-0.39, 0.29) is 0 Å². The van der Waals surface area contributed by atoms with E-state index in [1.165, 1.54) is 5.69 Å². The maximum Gasteiger partial charge on any atom is 0.0485 e. The third-order valence-corrected chi connectivity index (χ3v) is 3.20. The molecular weight excluding hydrogens is 200 g/mol. The van der Waals surface area contributed by atoms with Crippen molar-refractivity contribution in [1.29, 1.82) is 0 Å². The molecule has 0 aliphatic carbocycles. The minimum Gasteiger partial charge on any atom is -0.399 e. The van der Waals surface area contributed by atoms with E-state index in [0.717, 1.165) is 38.3 Å². The Morgan fingerprint density at radius 1 is 1.25 bits per heavy atom. The van der Waals surface area contributed by atoms with Gasteiger partial charge in [-0.25, -0.2) is 0 Å². The largest absolute Gasteiger partial charge is 0.399 e. The molecule has 3 heteroatoms. The lowest BCUT2D eigenvalue weighted by molar-refractivity contribution is 0.0846. The number of hydrogen-bond donors (Lipinski definition) is 1. The van der Waals surface area contributed by atoms with E-state index in [9.17, 15) is 0 Å². The fourth-order valence-electron chi connectivity index (χ4n) is 2.31. The first-order valence-electron chi connectivity index (χ1n) is 6.01. The highest BCUT2D eigenvalue weighted by atomic mass is 16.5. The lowest BCUT2D eigenvalue weighted by Gasteiger charge is -2.35. The van der Waals surface area contributed by atoms with Gasteiger partial charge < -0.3 is 15.4 Å². The van der Waals surface area contributed by atoms with E-state index in [0.29, 0.717) is 6.04 Å². The molecule has 0 atom stereocenters. The van der Waals surface area contributed by atoms with Crippen LogP contribution in [-0.4, -0.2) is 25.8 Å². The first kappa shape index (κ1) is 11.3. The van der Waals surface area contributed by atoms with Crippen molar-refractivity contribution in [3.63, 3.8) is 0 Å². The Kier molecular flexibility index (Phi) is 3.67. The molecule has 1 heterocycles. The van der Waals surface area contributed by atoms with E-state index in [4.69, 9.17) is 10.5 Å². The molecule has 0 unspecified atom stereocenters. The van der Waals surface area contributed by atoms with Crippen LogP contribution >= 0.6 is 0 Å². The summed E-state index contributed by atoms with van der Waals surface area (Å²) in [6.45, 7) is 5.01. The van der Waals surface area contributed by atoms with Gasteiger partial charge in [0.15, 0.2) is 0 Å². The van der Waals surface area contributed by atoms with Crippen LogP contribution in [0.15, 0.2) is 24.3 Å². The average molecular weight is 220 g/mol. The van der Waals surface area contributed by atoms with Crippen LogP contribution in [0, 0.1) is 0 Å². The van der Waals surface area contributed by atoms with Gasteiger partial charge in [-0.05, 0) is 44.0 Å². The van der Waals surface area contributed by atoms with Crippen LogP contribution < -0.4 is 10.6 Å². The molecule has 1 saturated heterocycles. The van der Waals surface area contributed by atoms with Gasteiger partial charge in [0.25, 0.3) is 0 Å². The molecule has 0 saturated carbocycles. The molecule has 0 aromatic heterocycles. The van der Waals surface area contributed by atoms with Gasteiger partial charge in [0.2, 0.25) is 0 Å². The molecule has 1 aliphatic heterocycles. The molecular formula is C13H20N2O. The highest BCUT2D eigenvalue weighted by Gasteiger charge is 2.20. The fraction of sp³-hybridized carbons (Fsp3) is 0.538. The van der Waals surface area contributed by atoms with Crippen LogP contribution in [0.3, 0.4) is 0 Å². The zero-order valence-electron chi connectivity index (χ0n) is 9.86. The predicted octanol–water partition coefficient (Wildman–Crippen LogP) is 2.27. The summed E-state index contributed by atoms with van der Waals surface area (Å²) in [5, 5.41) is 0. The number of nitrogens with two attached hydrogens (primary N) is 1. The molecule has 1 aliphatic rings. The van der Waals surface area contributed by atoms with E-state index in [1.807, 2.05) is 12.1 Å². The number of nitrogen functional groups attached to an aromatic ring is 1. The van der Waals surface area contributed by atoms with Crippen LogP contribution in [0.1, 0.15) is 19.8 Å². The summed E-state index contributed by atoms with van der Waals surface area (Å²) in [7, 11) is 0. The van der Waals surface area contributed by atoms with Gasteiger partial charge in [0.1, 0.15) is 0 Å².